The van der Waals surface area contributed by atoms with Crippen LogP contribution >= 0.6 is 20.8 Å². The number of rotatable bonds is 1. The molecule has 2 N–H and O–H groups in total. The first kappa shape index (κ1) is 8.51. The molecule has 1 atom stereocenters. The molecule has 0 aliphatic carbocycles. The summed E-state index contributed by atoms with van der Waals surface area (Å²) in [5.74, 6) is -0.461. The summed E-state index contributed by atoms with van der Waals surface area (Å²) in [6.45, 7) is 0. The molecule has 1 rings (SSSR count). The maximum absolute atomic E-state index is 10.7. The van der Waals surface area contributed by atoms with Crippen molar-refractivity contribution in [1.82, 2.24) is 0 Å². The van der Waals surface area contributed by atoms with Crippen LogP contribution in [-0.2, 0) is 0 Å². The SMILES string of the molecule is NC(=O)c1cc(Cl)ccc1P. The smallest absolute Gasteiger partial charge is 0.249 e. The predicted molar refractivity (Wildman–Crippen MR) is 49.3 cm³/mol. The number of amides is 1. The van der Waals surface area contributed by atoms with Gasteiger partial charge in [-0.3, -0.25) is 4.79 Å². The summed E-state index contributed by atoms with van der Waals surface area (Å²) >= 11 is 5.64. The predicted octanol–water partition coefficient (Wildman–Crippen LogP) is 0.939. The standard InChI is InChI=1S/C7H7ClNOP/c8-4-1-2-6(11)5(3-4)7(9)10/h1-3H,11H2,(H2,9,10). The summed E-state index contributed by atoms with van der Waals surface area (Å²) in [6.07, 6.45) is 0. The number of primary amides is 1. The first-order valence-corrected chi connectivity index (χ1v) is 3.91. The zero-order chi connectivity index (χ0) is 8.43. The highest BCUT2D eigenvalue weighted by molar-refractivity contribution is 7.27. The molecule has 0 aliphatic rings. The van der Waals surface area contributed by atoms with Gasteiger partial charge in [-0.1, -0.05) is 17.7 Å². The van der Waals surface area contributed by atoms with Gasteiger partial charge in [-0.05, 0) is 17.4 Å². The molecule has 0 saturated carbocycles. The molecule has 0 fully saturated rings. The normalized spacial score (nSPS) is 9.64. The highest BCUT2D eigenvalue weighted by Crippen LogP contribution is 2.10. The molecule has 1 aromatic rings. The lowest BCUT2D eigenvalue weighted by Gasteiger charge is -1.99. The van der Waals surface area contributed by atoms with Crippen LogP contribution in [0.15, 0.2) is 18.2 Å². The maximum atomic E-state index is 10.7. The van der Waals surface area contributed by atoms with Crippen molar-refractivity contribution in [2.45, 2.75) is 0 Å². The van der Waals surface area contributed by atoms with Crippen molar-refractivity contribution in [2.75, 3.05) is 0 Å². The molecule has 0 saturated heterocycles. The highest BCUT2D eigenvalue weighted by atomic mass is 35.5. The lowest BCUT2D eigenvalue weighted by molar-refractivity contribution is 0.100. The summed E-state index contributed by atoms with van der Waals surface area (Å²) in [4.78, 5) is 10.7. The Morgan fingerprint density at radius 3 is 2.64 bits per heavy atom. The van der Waals surface area contributed by atoms with Crippen LogP contribution in [0.25, 0.3) is 0 Å². The third-order valence-corrected chi connectivity index (χ3v) is 2.02. The molecular weight excluding hydrogens is 181 g/mol. The second-order valence-electron chi connectivity index (χ2n) is 2.10. The van der Waals surface area contributed by atoms with E-state index in [9.17, 15) is 4.79 Å². The minimum absolute atomic E-state index is 0.447. The molecular formula is C7H7ClNOP. The van der Waals surface area contributed by atoms with Gasteiger partial charge in [0.1, 0.15) is 0 Å². The Kier molecular flexibility index (Phi) is 2.48. The third kappa shape index (κ3) is 1.92. The molecule has 2 nitrogen and oxygen atoms in total. The highest BCUT2D eigenvalue weighted by Gasteiger charge is 2.04. The van der Waals surface area contributed by atoms with Crippen LogP contribution in [0.4, 0.5) is 0 Å². The van der Waals surface area contributed by atoms with Crippen LogP contribution in [0, 0.1) is 0 Å². The molecule has 0 aliphatic heterocycles. The van der Waals surface area contributed by atoms with E-state index in [2.05, 4.69) is 9.24 Å². The fourth-order valence-electron chi connectivity index (χ4n) is 0.742. The van der Waals surface area contributed by atoms with E-state index in [1.54, 1.807) is 18.2 Å². The average Bonchev–Trinajstić information content (AvgIpc) is 1.94. The molecule has 1 unspecified atom stereocenters. The van der Waals surface area contributed by atoms with E-state index in [1.165, 1.54) is 0 Å². The Balaban J connectivity index is 3.23. The van der Waals surface area contributed by atoms with Crippen LogP contribution in [0.1, 0.15) is 10.4 Å². The quantitative estimate of drug-likeness (QED) is 0.654. The lowest BCUT2D eigenvalue weighted by atomic mass is 10.2. The molecule has 1 aromatic carbocycles. The number of benzene rings is 1. The number of carbonyl (C=O) groups is 1. The van der Waals surface area contributed by atoms with Crippen LogP contribution < -0.4 is 11.0 Å². The molecule has 0 aromatic heterocycles. The molecule has 1 amide bonds. The fraction of sp³-hybridized carbons (Fsp3) is 0. The second kappa shape index (κ2) is 3.21. The van der Waals surface area contributed by atoms with Crippen LogP contribution in [0.3, 0.4) is 0 Å². The Bertz CT molecular complexity index is 300. The van der Waals surface area contributed by atoms with E-state index in [-0.39, 0.29) is 0 Å². The van der Waals surface area contributed by atoms with Crippen molar-refractivity contribution in [3.63, 3.8) is 0 Å². The zero-order valence-electron chi connectivity index (χ0n) is 5.67. The van der Waals surface area contributed by atoms with E-state index >= 15 is 0 Å². The van der Waals surface area contributed by atoms with Crippen LogP contribution in [0.5, 0.6) is 0 Å². The summed E-state index contributed by atoms with van der Waals surface area (Å²) in [7, 11) is 2.42. The first-order chi connectivity index (χ1) is 5.11. The number of carbonyl (C=O) groups excluding carboxylic acids is 1. The van der Waals surface area contributed by atoms with Gasteiger partial charge < -0.3 is 5.73 Å². The summed E-state index contributed by atoms with van der Waals surface area (Å²) < 4.78 is 0. The third-order valence-electron chi connectivity index (χ3n) is 1.28. The second-order valence-corrected chi connectivity index (χ2v) is 3.15. The number of nitrogens with two attached hydrogens (primary N) is 1. The summed E-state index contributed by atoms with van der Waals surface area (Å²) in [5, 5.41) is 1.28. The Labute approximate surface area is 71.9 Å². The molecule has 58 valence electrons. The van der Waals surface area contributed by atoms with Gasteiger partial charge in [0.2, 0.25) is 5.91 Å². The van der Waals surface area contributed by atoms with E-state index in [0.29, 0.717) is 10.6 Å². The topological polar surface area (TPSA) is 43.1 Å². The average molecular weight is 188 g/mol. The van der Waals surface area contributed by atoms with Gasteiger partial charge in [-0.25, -0.2) is 0 Å². The lowest BCUT2D eigenvalue weighted by Crippen LogP contribution is -2.17. The van der Waals surface area contributed by atoms with E-state index in [0.717, 1.165) is 5.30 Å². The first-order valence-electron chi connectivity index (χ1n) is 2.96. The molecule has 0 spiro atoms. The molecule has 0 heterocycles. The van der Waals surface area contributed by atoms with Crippen molar-refractivity contribution in [3.8, 4) is 0 Å². The Morgan fingerprint density at radius 1 is 1.55 bits per heavy atom. The van der Waals surface area contributed by atoms with E-state index < -0.39 is 5.91 Å². The van der Waals surface area contributed by atoms with Gasteiger partial charge >= 0.3 is 0 Å². The maximum Gasteiger partial charge on any atom is 0.249 e. The van der Waals surface area contributed by atoms with Crippen molar-refractivity contribution in [1.29, 1.82) is 0 Å². The minimum atomic E-state index is -0.461. The van der Waals surface area contributed by atoms with Crippen molar-refractivity contribution < 1.29 is 4.79 Å². The van der Waals surface area contributed by atoms with Gasteiger partial charge in [0.05, 0.1) is 0 Å². The van der Waals surface area contributed by atoms with Crippen molar-refractivity contribution in [2.24, 2.45) is 5.73 Å². The molecule has 11 heavy (non-hydrogen) atoms. The van der Waals surface area contributed by atoms with Crippen LogP contribution in [-0.4, -0.2) is 5.91 Å². The largest absolute Gasteiger partial charge is 0.366 e. The van der Waals surface area contributed by atoms with Gasteiger partial charge in [0, 0.05) is 10.6 Å². The van der Waals surface area contributed by atoms with Crippen molar-refractivity contribution in [3.05, 3.63) is 28.8 Å². The fourth-order valence-corrected chi connectivity index (χ4v) is 1.24. The molecule has 0 radical (unpaired) electrons. The number of hydrogen-bond donors (Lipinski definition) is 1. The summed E-state index contributed by atoms with van der Waals surface area (Å²) in [6, 6.07) is 4.98. The molecule has 0 bridgehead atoms. The van der Waals surface area contributed by atoms with Gasteiger partial charge in [-0.2, -0.15) is 0 Å². The van der Waals surface area contributed by atoms with Crippen molar-refractivity contribution >= 4 is 32.1 Å². The van der Waals surface area contributed by atoms with Gasteiger partial charge in [0.25, 0.3) is 0 Å². The van der Waals surface area contributed by atoms with Gasteiger partial charge in [-0.15, -0.1) is 9.24 Å². The van der Waals surface area contributed by atoms with E-state index in [4.69, 9.17) is 17.3 Å². The van der Waals surface area contributed by atoms with Crippen LogP contribution in [0.2, 0.25) is 5.02 Å². The summed E-state index contributed by atoms with van der Waals surface area (Å²) in [5.41, 5.74) is 5.52. The Morgan fingerprint density at radius 2 is 2.18 bits per heavy atom. The monoisotopic (exact) mass is 187 g/mol. The Hall–Kier alpha value is -0.590. The zero-order valence-corrected chi connectivity index (χ0v) is 7.58. The number of halogens is 1. The van der Waals surface area contributed by atoms with E-state index in [1.807, 2.05) is 0 Å². The van der Waals surface area contributed by atoms with Gasteiger partial charge in [0.15, 0.2) is 0 Å². The minimum Gasteiger partial charge on any atom is -0.366 e. The number of hydrogen-bond acceptors (Lipinski definition) is 1. The molecule has 4 heteroatoms.